The minimum Gasteiger partial charge on any atom is -0.366 e. The van der Waals surface area contributed by atoms with E-state index in [2.05, 4.69) is 11.1 Å². The van der Waals surface area contributed by atoms with E-state index >= 15 is 0 Å². The second-order valence-corrected chi connectivity index (χ2v) is 4.68. The molecule has 1 aromatic heterocycles. The van der Waals surface area contributed by atoms with Gasteiger partial charge in [0.15, 0.2) is 0 Å². The van der Waals surface area contributed by atoms with E-state index in [1.165, 1.54) is 0 Å². The Morgan fingerprint density at radius 3 is 2.52 bits per heavy atom. The van der Waals surface area contributed by atoms with Crippen molar-refractivity contribution >= 4 is 16.7 Å². The van der Waals surface area contributed by atoms with Crippen molar-refractivity contribution in [2.45, 2.75) is 0 Å². The van der Waals surface area contributed by atoms with Gasteiger partial charge in [-0.1, -0.05) is 18.2 Å². The normalized spacial score (nSPS) is 10.2. The van der Waals surface area contributed by atoms with Crippen LogP contribution in [0.4, 0.5) is 0 Å². The van der Waals surface area contributed by atoms with Gasteiger partial charge in [-0.3, -0.25) is 9.78 Å². The van der Waals surface area contributed by atoms with Gasteiger partial charge in [0.1, 0.15) is 0 Å². The SMILES string of the molecule is N#Cc1ccc(-c2cncc3ccc(C(N)=O)cc23)cc1. The smallest absolute Gasteiger partial charge is 0.248 e. The second-order valence-electron chi connectivity index (χ2n) is 4.68. The van der Waals surface area contributed by atoms with E-state index in [0.717, 1.165) is 21.9 Å². The molecule has 3 aromatic rings. The van der Waals surface area contributed by atoms with Crippen molar-refractivity contribution in [1.82, 2.24) is 4.98 Å². The molecule has 0 radical (unpaired) electrons. The highest BCUT2D eigenvalue weighted by Gasteiger charge is 2.08. The third kappa shape index (κ3) is 2.33. The number of primary amides is 1. The fourth-order valence-electron chi connectivity index (χ4n) is 2.27. The van der Waals surface area contributed by atoms with Gasteiger partial charge < -0.3 is 5.73 Å². The average Bonchev–Trinajstić information content (AvgIpc) is 2.54. The number of carbonyl (C=O) groups is 1. The van der Waals surface area contributed by atoms with Gasteiger partial charge in [-0.05, 0) is 35.2 Å². The number of hydrogen-bond acceptors (Lipinski definition) is 3. The fourth-order valence-corrected chi connectivity index (χ4v) is 2.27. The van der Waals surface area contributed by atoms with Crippen LogP contribution >= 0.6 is 0 Å². The van der Waals surface area contributed by atoms with Crippen molar-refractivity contribution in [3.63, 3.8) is 0 Å². The lowest BCUT2D eigenvalue weighted by Gasteiger charge is -2.07. The van der Waals surface area contributed by atoms with Gasteiger partial charge in [0.2, 0.25) is 5.91 Å². The van der Waals surface area contributed by atoms with E-state index in [4.69, 9.17) is 11.0 Å². The molecule has 100 valence electrons. The molecule has 1 amide bonds. The molecule has 2 N–H and O–H groups in total. The van der Waals surface area contributed by atoms with Crippen LogP contribution in [0.3, 0.4) is 0 Å². The number of nitrogens with zero attached hydrogens (tertiary/aromatic N) is 2. The van der Waals surface area contributed by atoms with E-state index in [0.29, 0.717) is 11.1 Å². The summed E-state index contributed by atoms with van der Waals surface area (Å²) in [6.45, 7) is 0. The van der Waals surface area contributed by atoms with Gasteiger partial charge >= 0.3 is 0 Å². The minimum absolute atomic E-state index is 0.459. The molecule has 0 aliphatic rings. The van der Waals surface area contributed by atoms with Crippen LogP contribution in [0, 0.1) is 11.3 Å². The average molecular weight is 273 g/mol. The Hall–Kier alpha value is -3.19. The number of benzene rings is 2. The van der Waals surface area contributed by atoms with Gasteiger partial charge in [-0.25, -0.2) is 0 Å². The number of nitriles is 1. The maximum Gasteiger partial charge on any atom is 0.248 e. The van der Waals surface area contributed by atoms with Crippen LogP contribution in [0.2, 0.25) is 0 Å². The van der Waals surface area contributed by atoms with Crippen molar-refractivity contribution in [3.8, 4) is 17.2 Å². The van der Waals surface area contributed by atoms with Gasteiger partial charge in [0.25, 0.3) is 0 Å². The van der Waals surface area contributed by atoms with Crippen LogP contribution in [0.1, 0.15) is 15.9 Å². The van der Waals surface area contributed by atoms with Crippen molar-refractivity contribution in [1.29, 1.82) is 5.26 Å². The van der Waals surface area contributed by atoms with Gasteiger partial charge in [-0.15, -0.1) is 0 Å². The van der Waals surface area contributed by atoms with Crippen LogP contribution in [0.15, 0.2) is 54.9 Å². The van der Waals surface area contributed by atoms with E-state index in [9.17, 15) is 4.79 Å². The molecule has 0 aliphatic heterocycles. The lowest BCUT2D eigenvalue weighted by molar-refractivity contribution is 0.100. The highest BCUT2D eigenvalue weighted by atomic mass is 16.1. The van der Waals surface area contributed by atoms with Crippen LogP contribution < -0.4 is 5.73 Å². The highest BCUT2D eigenvalue weighted by Crippen LogP contribution is 2.28. The summed E-state index contributed by atoms with van der Waals surface area (Å²) in [5.74, 6) is -0.459. The maximum atomic E-state index is 11.3. The summed E-state index contributed by atoms with van der Waals surface area (Å²) in [5.41, 5.74) is 8.25. The summed E-state index contributed by atoms with van der Waals surface area (Å²) >= 11 is 0. The molecule has 4 nitrogen and oxygen atoms in total. The molecule has 1 heterocycles. The number of nitrogens with two attached hydrogens (primary N) is 1. The number of pyridine rings is 1. The van der Waals surface area contributed by atoms with Gasteiger partial charge in [0, 0.05) is 28.9 Å². The molecule has 0 unspecified atom stereocenters. The summed E-state index contributed by atoms with van der Waals surface area (Å²) in [6, 6.07) is 14.6. The number of fused-ring (bicyclic) bond motifs is 1. The Morgan fingerprint density at radius 2 is 1.86 bits per heavy atom. The number of hydrogen-bond donors (Lipinski definition) is 1. The fraction of sp³-hybridized carbons (Fsp3) is 0. The van der Waals surface area contributed by atoms with E-state index in [1.54, 1.807) is 36.7 Å². The number of rotatable bonds is 2. The summed E-state index contributed by atoms with van der Waals surface area (Å²) in [7, 11) is 0. The van der Waals surface area contributed by atoms with E-state index in [1.807, 2.05) is 18.2 Å². The predicted molar refractivity (Wildman–Crippen MR) is 80.4 cm³/mol. The zero-order valence-corrected chi connectivity index (χ0v) is 11.1. The molecule has 4 heteroatoms. The Labute approximate surface area is 121 Å². The summed E-state index contributed by atoms with van der Waals surface area (Å²) in [4.78, 5) is 15.6. The summed E-state index contributed by atoms with van der Waals surface area (Å²) < 4.78 is 0. The zero-order valence-electron chi connectivity index (χ0n) is 11.1. The Bertz CT molecular complexity index is 877. The quantitative estimate of drug-likeness (QED) is 0.779. The molecular formula is C17H11N3O. The first kappa shape index (κ1) is 12.8. The second kappa shape index (κ2) is 5.06. The Kier molecular flexibility index (Phi) is 3.09. The van der Waals surface area contributed by atoms with Crippen LogP contribution in [0.25, 0.3) is 21.9 Å². The molecule has 0 spiro atoms. The summed E-state index contributed by atoms with van der Waals surface area (Å²) in [5, 5.41) is 10.7. The van der Waals surface area contributed by atoms with Crippen molar-refractivity contribution < 1.29 is 4.79 Å². The molecule has 0 atom stereocenters. The molecule has 0 aliphatic carbocycles. The number of aromatic nitrogens is 1. The van der Waals surface area contributed by atoms with Gasteiger partial charge in [0.05, 0.1) is 11.6 Å². The lowest BCUT2D eigenvalue weighted by Crippen LogP contribution is -2.10. The first-order valence-electron chi connectivity index (χ1n) is 6.37. The largest absolute Gasteiger partial charge is 0.366 e. The number of amides is 1. The lowest BCUT2D eigenvalue weighted by atomic mass is 9.98. The van der Waals surface area contributed by atoms with Crippen molar-refractivity contribution in [2.24, 2.45) is 5.73 Å². The van der Waals surface area contributed by atoms with E-state index < -0.39 is 5.91 Å². The third-order valence-electron chi connectivity index (χ3n) is 3.37. The predicted octanol–water partition coefficient (Wildman–Crippen LogP) is 2.87. The van der Waals surface area contributed by atoms with Gasteiger partial charge in [-0.2, -0.15) is 5.26 Å². The first-order chi connectivity index (χ1) is 10.2. The Morgan fingerprint density at radius 1 is 1.10 bits per heavy atom. The molecule has 2 aromatic carbocycles. The third-order valence-corrected chi connectivity index (χ3v) is 3.37. The molecule has 3 rings (SSSR count). The molecule has 21 heavy (non-hydrogen) atoms. The van der Waals surface area contributed by atoms with Crippen molar-refractivity contribution in [3.05, 3.63) is 66.0 Å². The topological polar surface area (TPSA) is 79.8 Å². The number of carbonyl (C=O) groups excluding carboxylic acids is 1. The van der Waals surface area contributed by atoms with Crippen LogP contribution in [-0.2, 0) is 0 Å². The molecule has 0 bridgehead atoms. The van der Waals surface area contributed by atoms with Crippen LogP contribution in [0.5, 0.6) is 0 Å². The van der Waals surface area contributed by atoms with Crippen molar-refractivity contribution in [2.75, 3.05) is 0 Å². The maximum absolute atomic E-state index is 11.3. The molecule has 0 saturated carbocycles. The molecule has 0 saturated heterocycles. The monoisotopic (exact) mass is 273 g/mol. The minimum atomic E-state index is -0.459. The standard InChI is InChI=1S/C17H11N3O/c18-8-11-1-3-12(4-2-11)16-10-20-9-14-6-5-13(17(19)21)7-15(14)16/h1-7,9-10H,(H2,19,21). The Balaban J connectivity index is 2.23. The summed E-state index contributed by atoms with van der Waals surface area (Å²) in [6.07, 6.45) is 3.49. The molecular weight excluding hydrogens is 262 g/mol. The van der Waals surface area contributed by atoms with Crippen LogP contribution in [-0.4, -0.2) is 10.9 Å². The first-order valence-corrected chi connectivity index (χ1v) is 6.37. The van der Waals surface area contributed by atoms with E-state index in [-0.39, 0.29) is 0 Å². The molecule has 0 fully saturated rings. The highest BCUT2D eigenvalue weighted by molar-refractivity contribution is 6.02. The zero-order chi connectivity index (χ0) is 14.8.